The van der Waals surface area contributed by atoms with Gasteiger partial charge in [0.15, 0.2) is 0 Å². The lowest BCUT2D eigenvalue weighted by molar-refractivity contribution is 0.472. The standard InChI is InChI=1S/C13H17ClN4S/c1-9(2)6-18-12(16-8-17-18)7-19-13-10(14)4-3-5-11(13)15/h3-5,8-9H,6-7,15H2,1-2H3. The summed E-state index contributed by atoms with van der Waals surface area (Å²) >= 11 is 7.74. The summed E-state index contributed by atoms with van der Waals surface area (Å²) in [5.74, 6) is 2.19. The number of aromatic nitrogens is 3. The number of nitrogens with zero attached hydrogens (tertiary/aromatic N) is 3. The lowest BCUT2D eigenvalue weighted by atomic mass is 10.2. The zero-order valence-electron chi connectivity index (χ0n) is 11.0. The van der Waals surface area contributed by atoms with Gasteiger partial charge in [0, 0.05) is 17.1 Å². The van der Waals surface area contributed by atoms with Gasteiger partial charge in [0.2, 0.25) is 0 Å². The van der Waals surface area contributed by atoms with Crippen LogP contribution in [0.1, 0.15) is 19.7 Å². The van der Waals surface area contributed by atoms with Gasteiger partial charge in [0.1, 0.15) is 12.2 Å². The summed E-state index contributed by atoms with van der Waals surface area (Å²) in [7, 11) is 0. The molecule has 0 amide bonds. The second-order valence-corrected chi connectivity index (χ2v) is 6.09. The Morgan fingerprint density at radius 1 is 1.42 bits per heavy atom. The SMILES string of the molecule is CC(C)Cn1ncnc1CSc1c(N)cccc1Cl. The summed E-state index contributed by atoms with van der Waals surface area (Å²) in [5, 5.41) is 4.92. The van der Waals surface area contributed by atoms with Crippen molar-refractivity contribution in [3.63, 3.8) is 0 Å². The topological polar surface area (TPSA) is 56.7 Å². The van der Waals surface area contributed by atoms with Crippen LogP contribution in [0.4, 0.5) is 5.69 Å². The molecule has 0 bridgehead atoms. The fourth-order valence-corrected chi connectivity index (χ4v) is 3.00. The van der Waals surface area contributed by atoms with Crippen LogP contribution in [-0.4, -0.2) is 14.8 Å². The average molecular weight is 297 g/mol. The molecule has 0 saturated heterocycles. The van der Waals surface area contributed by atoms with E-state index >= 15 is 0 Å². The molecule has 2 aromatic rings. The molecule has 0 unspecified atom stereocenters. The first-order valence-electron chi connectivity index (χ1n) is 6.11. The Kier molecular flexibility index (Phi) is 4.71. The van der Waals surface area contributed by atoms with Crippen molar-refractivity contribution in [1.82, 2.24) is 14.8 Å². The molecular formula is C13H17ClN4S. The lowest BCUT2D eigenvalue weighted by Gasteiger charge is -2.10. The molecule has 2 N–H and O–H groups in total. The Labute approximate surface area is 122 Å². The van der Waals surface area contributed by atoms with E-state index < -0.39 is 0 Å². The van der Waals surface area contributed by atoms with Crippen LogP contribution in [-0.2, 0) is 12.3 Å². The van der Waals surface area contributed by atoms with Crippen molar-refractivity contribution in [3.8, 4) is 0 Å². The third-order valence-electron chi connectivity index (χ3n) is 2.58. The molecule has 0 aliphatic rings. The van der Waals surface area contributed by atoms with Crippen LogP contribution in [0.3, 0.4) is 0 Å². The highest BCUT2D eigenvalue weighted by atomic mass is 35.5. The molecule has 0 fully saturated rings. The second kappa shape index (κ2) is 6.30. The minimum absolute atomic E-state index is 0.538. The van der Waals surface area contributed by atoms with Gasteiger partial charge in [0.25, 0.3) is 0 Å². The van der Waals surface area contributed by atoms with Crippen LogP contribution in [0.5, 0.6) is 0 Å². The molecule has 1 heterocycles. The molecule has 0 saturated carbocycles. The van der Waals surface area contributed by atoms with E-state index in [1.54, 1.807) is 18.1 Å². The number of hydrogen-bond donors (Lipinski definition) is 1. The zero-order valence-corrected chi connectivity index (χ0v) is 12.6. The van der Waals surface area contributed by atoms with Crippen LogP contribution in [0.25, 0.3) is 0 Å². The molecule has 0 atom stereocenters. The predicted octanol–water partition coefficient (Wildman–Crippen LogP) is 3.46. The lowest BCUT2D eigenvalue weighted by Crippen LogP contribution is -2.09. The number of benzene rings is 1. The van der Waals surface area contributed by atoms with Crippen LogP contribution in [0, 0.1) is 5.92 Å². The molecule has 6 heteroatoms. The van der Waals surface area contributed by atoms with Crippen molar-refractivity contribution < 1.29 is 0 Å². The molecule has 19 heavy (non-hydrogen) atoms. The normalized spacial score (nSPS) is 11.2. The number of hydrogen-bond acceptors (Lipinski definition) is 4. The smallest absolute Gasteiger partial charge is 0.138 e. The summed E-state index contributed by atoms with van der Waals surface area (Å²) in [6.45, 7) is 5.18. The number of anilines is 1. The van der Waals surface area contributed by atoms with Crippen molar-refractivity contribution >= 4 is 29.1 Å². The Morgan fingerprint density at radius 3 is 2.89 bits per heavy atom. The highest BCUT2D eigenvalue weighted by molar-refractivity contribution is 7.98. The molecule has 2 rings (SSSR count). The predicted molar refractivity (Wildman–Crippen MR) is 80.3 cm³/mol. The van der Waals surface area contributed by atoms with Crippen molar-refractivity contribution in [1.29, 1.82) is 0 Å². The number of thioether (sulfide) groups is 1. The quantitative estimate of drug-likeness (QED) is 0.678. The van der Waals surface area contributed by atoms with Crippen molar-refractivity contribution in [3.05, 3.63) is 35.4 Å². The number of halogens is 1. The van der Waals surface area contributed by atoms with E-state index in [0.29, 0.717) is 22.4 Å². The van der Waals surface area contributed by atoms with Gasteiger partial charge >= 0.3 is 0 Å². The maximum Gasteiger partial charge on any atom is 0.138 e. The summed E-state index contributed by atoms with van der Waals surface area (Å²) in [6, 6.07) is 5.55. The van der Waals surface area contributed by atoms with E-state index in [0.717, 1.165) is 17.3 Å². The van der Waals surface area contributed by atoms with E-state index in [9.17, 15) is 0 Å². The largest absolute Gasteiger partial charge is 0.398 e. The van der Waals surface area contributed by atoms with E-state index in [1.807, 2.05) is 22.9 Å². The first kappa shape index (κ1) is 14.2. The van der Waals surface area contributed by atoms with Crippen molar-refractivity contribution in [2.24, 2.45) is 5.92 Å². The molecule has 0 aliphatic carbocycles. The van der Waals surface area contributed by atoms with E-state index in [4.69, 9.17) is 17.3 Å². The zero-order chi connectivity index (χ0) is 13.8. The monoisotopic (exact) mass is 296 g/mol. The number of nitrogens with two attached hydrogens (primary N) is 1. The molecule has 1 aromatic carbocycles. The minimum atomic E-state index is 0.538. The molecule has 0 aliphatic heterocycles. The Hall–Kier alpha value is -1.20. The van der Waals surface area contributed by atoms with Gasteiger partial charge in [-0.05, 0) is 18.1 Å². The Balaban J connectivity index is 2.09. The Morgan fingerprint density at radius 2 is 2.21 bits per heavy atom. The minimum Gasteiger partial charge on any atom is -0.398 e. The molecule has 0 radical (unpaired) electrons. The van der Waals surface area contributed by atoms with E-state index in [-0.39, 0.29) is 0 Å². The van der Waals surface area contributed by atoms with Gasteiger partial charge in [-0.25, -0.2) is 9.67 Å². The maximum atomic E-state index is 6.15. The van der Waals surface area contributed by atoms with Crippen LogP contribution in [0.2, 0.25) is 5.02 Å². The van der Waals surface area contributed by atoms with Gasteiger partial charge in [0.05, 0.1) is 10.8 Å². The van der Waals surface area contributed by atoms with E-state index in [2.05, 4.69) is 23.9 Å². The average Bonchev–Trinajstić information content (AvgIpc) is 2.75. The molecule has 0 spiro atoms. The molecule has 1 aromatic heterocycles. The number of rotatable bonds is 5. The fraction of sp³-hybridized carbons (Fsp3) is 0.385. The molecule has 4 nitrogen and oxygen atoms in total. The second-order valence-electron chi connectivity index (χ2n) is 4.70. The highest BCUT2D eigenvalue weighted by Crippen LogP contribution is 2.34. The Bertz CT molecular complexity index is 533. The third kappa shape index (κ3) is 3.64. The van der Waals surface area contributed by atoms with Gasteiger partial charge in [-0.15, -0.1) is 11.8 Å². The van der Waals surface area contributed by atoms with Crippen molar-refractivity contribution in [2.75, 3.05) is 5.73 Å². The van der Waals surface area contributed by atoms with Crippen LogP contribution in [0.15, 0.2) is 29.4 Å². The number of nitrogen functional groups attached to an aromatic ring is 1. The fourth-order valence-electron chi connectivity index (χ4n) is 1.71. The first-order valence-corrected chi connectivity index (χ1v) is 7.47. The molecule has 102 valence electrons. The van der Waals surface area contributed by atoms with Crippen molar-refractivity contribution in [2.45, 2.75) is 31.0 Å². The van der Waals surface area contributed by atoms with Gasteiger partial charge in [-0.1, -0.05) is 31.5 Å². The summed E-state index contributed by atoms with van der Waals surface area (Å²) in [6.07, 6.45) is 1.59. The third-order valence-corrected chi connectivity index (χ3v) is 4.15. The maximum absolute atomic E-state index is 6.15. The highest BCUT2D eigenvalue weighted by Gasteiger charge is 2.10. The summed E-state index contributed by atoms with van der Waals surface area (Å²) in [4.78, 5) is 5.20. The van der Waals surface area contributed by atoms with Crippen LogP contribution < -0.4 is 5.73 Å². The van der Waals surface area contributed by atoms with E-state index in [1.165, 1.54) is 0 Å². The summed E-state index contributed by atoms with van der Waals surface area (Å²) < 4.78 is 1.94. The van der Waals surface area contributed by atoms with Gasteiger partial charge < -0.3 is 5.73 Å². The molecular weight excluding hydrogens is 280 g/mol. The van der Waals surface area contributed by atoms with Crippen LogP contribution >= 0.6 is 23.4 Å². The van der Waals surface area contributed by atoms with Gasteiger partial charge in [-0.2, -0.15) is 5.10 Å². The summed E-state index contributed by atoms with van der Waals surface area (Å²) in [5.41, 5.74) is 6.63. The van der Waals surface area contributed by atoms with Gasteiger partial charge in [-0.3, -0.25) is 0 Å². The first-order chi connectivity index (χ1) is 9.08.